The van der Waals surface area contributed by atoms with Gasteiger partial charge in [0.05, 0.1) is 4.90 Å². The zero-order valence-electron chi connectivity index (χ0n) is 12.2. The molecule has 0 radical (unpaired) electrons. The van der Waals surface area contributed by atoms with Crippen LogP contribution in [-0.4, -0.2) is 27.9 Å². The van der Waals surface area contributed by atoms with Crippen molar-refractivity contribution in [1.82, 2.24) is 10.0 Å². The predicted molar refractivity (Wildman–Crippen MR) is 79.3 cm³/mol. The van der Waals surface area contributed by atoms with E-state index in [0.29, 0.717) is 12.1 Å². The summed E-state index contributed by atoms with van der Waals surface area (Å²) in [6.07, 6.45) is 3.08. The summed E-state index contributed by atoms with van der Waals surface area (Å²) in [6, 6.07) is 4.55. The van der Waals surface area contributed by atoms with Crippen molar-refractivity contribution in [3.63, 3.8) is 0 Å². The monoisotopic (exact) mass is 298 g/mol. The Hall–Kier alpha value is -1.40. The van der Waals surface area contributed by atoms with Gasteiger partial charge in [0.25, 0.3) is 5.91 Å². The molecule has 0 aliphatic heterocycles. The number of benzene rings is 1. The largest absolute Gasteiger partial charge is 0.352 e. The zero-order chi connectivity index (χ0) is 15.2. The highest BCUT2D eigenvalue weighted by atomic mass is 32.2. The lowest BCUT2D eigenvalue weighted by atomic mass is 10.1. The normalized spacial score (nSPS) is 11.3. The number of hydrogen-bond donors (Lipinski definition) is 2. The summed E-state index contributed by atoms with van der Waals surface area (Å²) in [4.78, 5) is 12.2. The third kappa shape index (κ3) is 4.31. The molecule has 0 aliphatic rings. The first-order chi connectivity index (χ1) is 9.42. The van der Waals surface area contributed by atoms with Crippen LogP contribution < -0.4 is 10.0 Å². The maximum absolute atomic E-state index is 12.1. The van der Waals surface area contributed by atoms with E-state index in [1.54, 1.807) is 13.0 Å². The number of nitrogens with one attached hydrogen (secondary N) is 2. The maximum Gasteiger partial charge on any atom is 0.251 e. The summed E-state index contributed by atoms with van der Waals surface area (Å²) in [5, 5.41) is 2.82. The third-order valence-corrected chi connectivity index (χ3v) is 4.51. The molecule has 0 bridgehead atoms. The van der Waals surface area contributed by atoms with Crippen LogP contribution >= 0.6 is 0 Å². The van der Waals surface area contributed by atoms with Crippen LogP contribution in [0.15, 0.2) is 23.1 Å². The van der Waals surface area contributed by atoms with Crippen LogP contribution in [-0.2, 0) is 10.0 Å². The fourth-order valence-corrected chi connectivity index (χ4v) is 2.56. The SMILES string of the molecule is CCCCCNC(=O)c1cc(S(=O)(=O)NC)ccc1C. The van der Waals surface area contributed by atoms with Gasteiger partial charge in [-0.15, -0.1) is 0 Å². The number of carbonyl (C=O) groups is 1. The van der Waals surface area contributed by atoms with Gasteiger partial charge in [-0.25, -0.2) is 13.1 Å². The van der Waals surface area contributed by atoms with E-state index in [4.69, 9.17) is 0 Å². The lowest BCUT2D eigenvalue weighted by Gasteiger charge is -2.10. The molecule has 0 saturated heterocycles. The van der Waals surface area contributed by atoms with Gasteiger partial charge in [0.1, 0.15) is 0 Å². The fourth-order valence-electron chi connectivity index (χ4n) is 1.80. The van der Waals surface area contributed by atoms with Crippen LogP contribution in [0.5, 0.6) is 0 Å². The van der Waals surface area contributed by atoms with E-state index in [0.717, 1.165) is 24.8 Å². The third-order valence-electron chi connectivity index (χ3n) is 3.10. The van der Waals surface area contributed by atoms with Gasteiger partial charge in [0, 0.05) is 12.1 Å². The first-order valence-electron chi connectivity index (χ1n) is 6.74. The molecule has 0 fully saturated rings. The molecule has 0 aromatic heterocycles. The number of aryl methyl sites for hydroxylation is 1. The van der Waals surface area contributed by atoms with E-state index in [1.165, 1.54) is 19.2 Å². The molecule has 0 spiro atoms. The van der Waals surface area contributed by atoms with E-state index < -0.39 is 10.0 Å². The summed E-state index contributed by atoms with van der Waals surface area (Å²) in [6.45, 7) is 4.49. The van der Waals surface area contributed by atoms with E-state index in [2.05, 4.69) is 17.0 Å². The summed E-state index contributed by atoms with van der Waals surface area (Å²) in [7, 11) is -2.18. The van der Waals surface area contributed by atoms with Gasteiger partial charge in [-0.3, -0.25) is 4.79 Å². The second-order valence-electron chi connectivity index (χ2n) is 4.65. The molecule has 112 valence electrons. The molecule has 0 atom stereocenters. The molecular weight excluding hydrogens is 276 g/mol. The van der Waals surface area contributed by atoms with Crippen molar-refractivity contribution in [3.05, 3.63) is 29.3 Å². The Morgan fingerprint density at radius 2 is 1.95 bits per heavy atom. The van der Waals surface area contributed by atoms with Crippen LogP contribution in [0, 0.1) is 6.92 Å². The quantitative estimate of drug-likeness (QED) is 0.754. The topological polar surface area (TPSA) is 75.3 Å². The van der Waals surface area contributed by atoms with E-state index >= 15 is 0 Å². The van der Waals surface area contributed by atoms with Crippen molar-refractivity contribution in [2.75, 3.05) is 13.6 Å². The van der Waals surface area contributed by atoms with Gasteiger partial charge in [0.2, 0.25) is 10.0 Å². The van der Waals surface area contributed by atoms with Crippen molar-refractivity contribution >= 4 is 15.9 Å². The predicted octanol–water partition coefficient (Wildman–Crippen LogP) is 1.82. The lowest BCUT2D eigenvalue weighted by molar-refractivity contribution is 0.0952. The Morgan fingerprint density at radius 1 is 1.25 bits per heavy atom. The summed E-state index contributed by atoms with van der Waals surface area (Å²) < 4.78 is 25.7. The maximum atomic E-state index is 12.1. The highest BCUT2D eigenvalue weighted by Gasteiger charge is 2.16. The van der Waals surface area contributed by atoms with Gasteiger partial charge >= 0.3 is 0 Å². The van der Waals surface area contributed by atoms with Crippen LogP contribution in [0.4, 0.5) is 0 Å². The Balaban J connectivity index is 2.89. The summed E-state index contributed by atoms with van der Waals surface area (Å²) in [5.41, 5.74) is 1.16. The van der Waals surface area contributed by atoms with Gasteiger partial charge < -0.3 is 5.32 Å². The molecule has 0 saturated carbocycles. The van der Waals surface area contributed by atoms with Crippen molar-refractivity contribution in [1.29, 1.82) is 0 Å². The number of amides is 1. The van der Waals surface area contributed by atoms with Crippen molar-refractivity contribution in [2.24, 2.45) is 0 Å². The van der Waals surface area contributed by atoms with Gasteiger partial charge in [-0.2, -0.15) is 0 Å². The second-order valence-corrected chi connectivity index (χ2v) is 6.53. The fraction of sp³-hybridized carbons (Fsp3) is 0.500. The standard InChI is InChI=1S/C14H22N2O3S/c1-4-5-6-9-16-14(17)13-10-12(8-7-11(13)2)20(18,19)15-3/h7-8,10,15H,4-6,9H2,1-3H3,(H,16,17). The van der Waals surface area contributed by atoms with Crippen LogP contribution in [0.3, 0.4) is 0 Å². The molecule has 2 N–H and O–H groups in total. The molecule has 1 aromatic rings. The Kier molecular flexibility index (Phi) is 6.16. The van der Waals surface area contributed by atoms with Crippen LogP contribution in [0.1, 0.15) is 42.1 Å². The number of unbranched alkanes of at least 4 members (excludes halogenated alkanes) is 2. The first kappa shape index (κ1) is 16.7. The average Bonchev–Trinajstić information content (AvgIpc) is 2.43. The minimum atomic E-state index is -3.53. The molecular formula is C14H22N2O3S. The number of sulfonamides is 1. The molecule has 5 nitrogen and oxygen atoms in total. The summed E-state index contributed by atoms with van der Waals surface area (Å²) in [5.74, 6) is -0.230. The highest BCUT2D eigenvalue weighted by Crippen LogP contribution is 2.15. The van der Waals surface area contributed by atoms with E-state index in [1.807, 2.05) is 0 Å². The Bertz CT molecular complexity index is 568. The molecule has 0 aliphatic carbocycles. The molecule has 1 amide bonds. The van der Waals surface area contributed by atoms with Gasteiger partial charge in [0.15, 0.2) is 0 Å². The smallest absolute Gasteiger partial charge is 0.251 e. The molecule has 1 rings (SSSR count). The van der Waals surface area contributed by atoms with E-state index in [9.17, 15) is 13.2 Å². The van der Waals surface area contributed by atoms with Crippen molar-refractivity contribution in [3.8, 4) is 0 Å². The molecule has 1 aromatic carbocycles. The van der Waals surface area contributed by atoms with E-state index in [-0.39, 0.29) is 10.8 Å². The molecule has 6 heteroatoms. The van der Waals surface area contributed by atoms with Crippen molar-refractivity contribution < 1.29 is 13.2 Å². The van der Waals surface area contributed by atoms with Crippen LogP contribution in [0.2, 0.25) is 0 Å². The minimum Gasteiger partial charge on any atom is -0.352 e. The minimum absolute atomic E-state index is 0.101. The number of hydrogen-bond acceptors (Lipinski definition) is 3. The average molecular weight is 298 g/mol. The lowest BCUT2D eigenvalue weighted by Crippen LogP contribution is -2.26. The zero-order valence-corrected chi connectivity index (χ0v) is 13.0. The molecule has 20 heavy (non-hydrogen) atoms. The van der Waals surface area contributed by atoms with Gasteiger partial charge in [-0.05, 0) is 38.1 Å². The Morgan fingerprint density at radius 3 is 2.55 bits per heavy atom. The Labute approximate surface area is 120 Å². The number of rotatable bonds is 7. The molecule has 0 heterocycles. The van der Waals surface area contributed by atoms with Crippen LogP contribution in [0.25, 0.3) is 0 Å². The molecule has 0 unspecified atom stereocenters. The van der Waals surface area contributed by atoms with Crippen molar-refractivity contribution in [2.45, 2.75) is 38.0 Å². The number of carbonyl (C=O) groups excluding carboxylic acids is 1. The second kappa shape index (κ2) is 7.40. The summed E-state index contributed by atoms with van der Waals surface area (Å²) >= 11 is 0. The van der Waals surface area contributed by atoms with Gasteiger partial charge in [-0.1, -0.05) is 25.8 Å². The first-order valence-corrected chi connectivity index (χ1v) is 8.23. The highest BCUT2D eigenvalue weighted by molar-refractivity contribution is 7.89.